The van der Waals surface area contributed by atoms with Crippen molar-refractivity contribution in [3.8, 4) is 5.75 Å². The van der Waals surface area contributed by atoms with Gasteiger partial charge in [0.2, 0.25) is 0 Å². The Morgan fingerprint density at radius 3 is 2.54 bits per heavy atom. The lowest BCUT2D eigenvalue weighted by Crippen LogP contribution is -2.10. The molecule has 0 saturated carbocycles. The standard InChI is InChI=1S/C10H14ClNO/c1-10(2,3)5-7-4-8(11)9(13)6-12-7/h4,6,13H,5H2,1-3H3. The smallest absolute Gasteiger partial charge is 0.152 e. The summed E-state index contributed by atoms with van der Waals surface area (Å²) in [6, 6.07) is 1.71. The SMILES string of the molecule is CC(C)(C)Cc1cc(Cl)c(O)cn1. The molecule has 0 spiro atoms. The van der Waals surface area contributed by atoms with Gasteiger partial charge in [0, 0.05) is 5.69 Å². The van der Waals surface area contributed by atoms with E-state index in [4.69, 9.17) is 16.7 Å². The quantitative estimate of drug-likeness (QED) is 0.754. The highest BCUT2D eigenvalue weighted by molar-refractivity contribution is 6.31. The molecule has 0 saturated heterocycles. The normalized spacial score (nSPS) is 11.7. The Balaban J connectivity index is 2.86. The maximum Gasteiger partial charge on any atom is 0.152 e. The van der Waals surface area contributed by atoms with E-state index in [1.54, 1.807) is 6.07 Å². The molecule has 1 heterocycles. The molecule has 0 radical (unpaired) electrons. The lowest BCUT2D eigenvalue weighted by atomic mass is 9.90. The van der Waals surface area contributed by atoms with Crippen LogP contribution in [0.3, 0.4) is 0 Å². The number of aromatic nitrogens is 1. The molecule has 13 heavy (non-hydrogen) atoms. The predicted molar refractivity (Wildman–Crippen MR) is 54.1 cm³/mol. The van der Waals surface area contributed by atoms with Crippen LogP contribution < -0.4 is 0 Å². The van der Waals surface area contributed by atoms with Crippen molar-refractivity contribution in [2.45, 2.75) is 27.2 Å². The molecule has 1 aromatic heterocycles. The van der Waals surface area contributed by atoms with Gasteiger partial charge in [-0.15, -0.1) is 0 Å². The summed E-state index contributed by atoms with van der Waals surface area (Å²) in [4.78, 5) is 4.09. The summed E-state index contributed by atoms with van der Waals surface area (Å²) in [5.74, 6) is 0.0410. The second-order valence-electron chi connectivity index (χ2n) is 4.36. The van der Waals surface area contributed by atoms with Crippen LogP contribution in [0, 0.1) is 5.41 Å². The third-order valence-electron chi connectivity index (χ3n) is 1.60. The number of pyridine rings is 1. The van der Waals surface area contributed by atoms with Gasteiger partial charge in [-0.05, 0) is 17.9 Å². The van der Waals surface area contributed by atoms with Crippen LogP contribution in [-0.4, -0.2) is 10.1 Å². The summed E-state index contributed by atoms with van der Waals surface area (Å²) in [7, 11) is 0. The molecule has 0 aliphatic carbocycles. The van der Waals surface area contributed by atoms with Crippen LogP contribution in [0.15, 0.2) is 12.3 Å². The zero-order valence-corrected chi connectivity index (χ0v) is 8.89. The highest BCUT2D eigenvalue weighted by Crippen LogP contribution is 2.25. The molecule has 0 atom stereocenters. The lowest BCUT2D eigenvalue weighted by molar-refractivity contribution is 0.405. The monoisotopic (exact) mass is 199 g/mol. The zero-order valence-electron chi connectivity index (χ0n) is 8.13. The molecular weight excluding hydrogens is 186 g/mol. The Kier molecular flexibility index (Phi) is 2.81. The number of nitrogens with zero attached hydrogens (tertiary/aromatic N) is 1. The molecular formula is C10H14ClNO. The van der Waals surface area contributed by atoms with E-state index >= 15 is 0 Å². The topological polar surface area (TPSA) is 33.1 Å². The molecule has 1 rings (SSSR count). The van der Waals surface area contributed by atoms with Crippen molar-refractivity contribution in [3.05, 3.63) is 23.0 Å². The number of hydrogen-bond acceptors (Lipinski definition) is 2. The fourth-order valence-electron chi connectivity index (χ4n) is 1.10. The average Bonchev–Trinajstić information content (AvgIpc) is 1.94. The minimum absolute atomic E-state index is 0.0410. The van der Waals surface area contributed by atoms with Crippen molar-refractivity contribution >= 4 is 11.6 Å². The molecule has 72 valence electrons. The minimum Gasteiger partial charge on any atom is -0.505 e. The van der Waals surface area contributed by atoms with Gasteiger partial charge < -0.3 is 5.11 Å². The highest BCUT2D eigenvalue weighted by Gasteiger charge is 2.13. The van der Waals surface area contributed by atoms with E-state index in [1.165, 1.54) is 6.20 Å². The van der Waals surface area contributed by atoms with Crippen molar-refractivity contribution in [3.63, 3.8) is 0 Å². The van der Waals surface area contributed by atoms with E-state index in [-0.39, 0.29) is 11.2 Å². The Morgan fingerprint density at radius 1 is 1.46 bits per heavy atom. The number of halogens is 1. The van der Waals surface area contributed by atoms with Crippen molar-refractivity contribution in [1.82, 2.24) is 4.98 Å². The summed E-state index contributed by atoms with van der Waals surface area (Å²) in [6.07, 6.45) is 2.25. The predicted octanol–water partition coefficient (Wildman–Crippen LogP) is 3.03. The Morgan fingerprint density at radius 2 is 2.08 bits per heavy atom. The third kappa shape index (κ3) is 3.23. The molecule has 3 heteroatoms. The van der Waals surface area contributed by atoms with Crippen LogP contribution in [-0.2, 0) is 6.42 Å². The second kappa shape index (κ2) is 3.54. The number of rotatable bonds is 1. The van der Waals surface area contributed by atoms with E-state index in [9.17, 15) is 0 Å². The average molecular weight is 200 g/mol. The van der Waals surface area contributed by atoms with Gasteiger partial charge in [-0.3, -0.25) is 4.98 Å². The fraction of sp³-hybridized carbons (Fsp3) is 0.500. The molecule has 0 fully saturated rings. The molecule has 0 aliphatic heterocycles. The van der Waals surface area contributed by atoms with Crippen molar-refractivity contribution in [2.75, 3.05) is 0 Å². The zero-order chi connectivity index (χ0) is 10.1. The first-order valence-electron chi connectivity index (χ1n) is 4.22. The maximum atomic E-state index is 9.15. The van der Waals surface area contributed by atoms with Gasteiger partial charge in [0.25, 0.3) is 0 Å². The lowest BCUT2D eigenvalue weighted by Gasteiger charge is -2.17. The van der Waals surface area contributed by atoms with Crippen LogP contribution in [0.4, 0.5) is 0 Å². The first-order chi connectivity index (χ1) is 5.88. The van der Waals surface area contributed by atoms with Gasteiger partial charge in [0.1, 0.15) is 0 Å². The third-order valence-corrected chi connectivity index (χ3v) is 1.90. The maximum absolute atomic E-state index is 9.15. The van der Waals surface area contributed by atoms with Crippen LogP contribution >= 0.6 is 11.6 Å². The minimum atomic E-state index is 0.0410. The Bertz CT molecular complexity index is 304. The molecule has 0 aliphatic rings. The fourth-order valence-corrected chi connectivity index (χ4v) is 1.28. The summed E-state index contributed by atoms with van der Waals surface area (Å²) in [6.45, 7) is 6.40. The van der Waals surface area contributed by atoms with E-state index in [0.29, 0.717) is 5.02 Å². The van der Waals surface area contributed by atoms with Crippen molar-refractivity contribution in [1.29, 1.82) is 0 Å². The van der Waals surface area contributed by atoms with Crippen LogP contribution in [0.5, 0.6) is 5.75 Å². The van der Waals surface area contributed by atoms with Crippen LogP contribution in [0.2, 0.25) is 5.02 Å². The molecule has 1 aromatic rings. The summed E-state index contributed by atoms with van der Waals surface area (Å²) in [5, 5.41) is 9.52. The van der Waals surface area contributed by atoms with Crippen LogP contribution in [0.1, 0.15) is 26.5 Å². The summed E-state index contributed by atoms with van der Waals surface area (Å²) < 4.78 is 0. The Labute approximate surface area is 83.6 Å². The largest absolute Gasteiger partial charge is 0.505 e. The van der Waals surface area contributed by atoms with Gasteiger partial charge in [0.05, 0.1) is 11.2 Å². The highest BCUT2D eigenvalue weighted by atomic mass is 35.5. The Hall–Kier alpha value is -0.760. The molecule has 0 bridgehead atoms. The van der Waals surface area contributed by atoms with Gasteiger partial charge in [0.15, 0.2) is 5.75 Å². The van der Waals surface area contributed by atoms with E-state index in [1.807, 2.05) is 0 Å². The van der Waals surface area contributed by atoms with E-state index in [2.05, 4.69) is 25.8 Å². The summed E-state index contributed by atoms with van der Waals surface area (Å²) >= 11 is 5.75. The molecule has 0 unspecified atom stereocenters. The molecule has 0 aromatic carbocycles. The second-order valence-corrected chi connectivity index (χ2v) is 4.77. The van der Waals surface area contributed by atoms with Crippen molar-refractivity contribution < 1.29 is 5.11 Å². The summed E-state index contributed by atoms with van der Waals surface area (Å²) in [5.41, 5.74) is 1.10. The van der Waals surface area contributed by atoms with Gasteiger partial charge in [-0.25, -0.2) is 0 Å². The van der Waals surface area contributed by atoms with Gasteiger partial charge in [-0.2, -0.15) is 0 Å². The first kappa shape index (κ1) is 10.3. The molecule has 0 amide bonds. The molecule has 2 nitrogen and oxygen atoms in total. The van der Waals surface area contributed by atoms with Gasteiger partial charge >= 0.3 is 0 Å². The van der Waals surface area contributed by atoms with E-state index < -0.39 is 0 Å². The first-order valence-corrected chi connectivity index (χ1v) is 4.60. The molecule has 1 N–H and O–H groups in total. The number of aromatic hydroxyl groups is 1. The van der Waals surface area contributed by atoms with E-state index in [0.717, 1.165) is 12.1 Å². The van der Waals surface area contributed by atoms with Crippen molar-refractivity contribution in [2.24, 2.45) is 5.41 Å². The number of hydrogen-bond donors (Lipinski definition) is 1. The van der Waals surface area contributed by atoms with Gasteiger partial charge in [-0.1, -0.05) is 32.4 Å². The van der Waals surface area contributed by atoms with Crippen LogP contribution in [0.25, 0.3) is 0 Å².